The molecule has 14 nitrogen and oxygen atoms in total. The van der Waals surface area contributed by atoms with Gasteiger partial charge in [0.2, 0.25) is 11.8 Å². The number of nitrogens with zero attached hydrogens (tertiary/aromatic N) is 2. The molecule has 3 rings (SSSR count). The monoisotopic (exact) mass is 752 g/mol. The molecule has 0 unspecified atom stereocenters. The molecule has 1 saturated heterocycles. The molecule has 0 aromatic heterocycles. The van der Waals surface area contributed by atoms with E-state index in [9.17, 15) is 28.8 Å². The third-order valence-electron chi connectivity index (χ3n) is 8.30. The Bertz CT molecular complexity index is 1560. The van der Waals surface area contributed by atoms with Gasteiger partial charge in [-0.2, -0.15) is 0 Å². The lowest BCUT2D eigenvalue weighted by Gasteiger charge is -2.35. The minimum absolute atomic E-state index is 0.0428. The van der Waals surface area contributed by atoms with E-state index in [4.69, 9.17) is 18.9 Å². The first kappa shape index (κ1) is 43.3. The van der Waals surface area contributed by atoms with E-state index in [-0.39, 0.29) is 32.7 Å². The molecule has 0 bridgehead atoms. The molecule has 14 heteroatoms. The van der Waals surface area contributed by atoms with Crippen molar-refractivity contribution in [2.75, 3.05) is 20.1 Å². The summed E-state index contributed by atoms with van der Waals surface area (Å²) in [5.41, 5.74) is -0.0894. The van der Waals surface area contributed by atoms with Gasteiger partial charge < -0.3 is 39.4 Å². The van der Waals surface area contributed by atoms with Gasteiger partial charge in [-0.15, -0.1) is 0 Å². The number of likely N-dealkylation sites (tertiary alicyclic amines) is 1. The molecule has 2 N–H and O–H groups in total. The average Bonchev–Trinajstić information content (AvgIpc) is 3.60. The van der Waals surface area contributed by atoms with Crippen molar-refractivity contribution < 1.29 is 47.7 Å². The number of benzene rings is 2. The van der Waals surface area contributed by atoms with Gasteiger partial charge in [-0.3, -0.25) is 14.4 Å². The highest BCUT2D eigenvalue weighted by atomic mass is 16.6. The van der Waals surface area contributed by atoms with Crippen LogP contribution in [-0.2, 0) is 51.3 Å². The van der Waals surface area contributed by atoms with Crippen molar-refractivity contribution in [3.8, 4) is 0 Å². The summed E-state index contributed by atoms with van der Waals surface area (Å²) in [6.07, 6.45) is -0.115. The summed E-state index contributed by atoms with van der Waals surface area (Å²) in [6.45, 7) is 10.8. The number of esters is 2. The van der Waals surface area contributed by atoms with Crippen LogP contribution in [-0.4, -0.2) is 95.2 Å². The minimum atomic E-state index is -1.44. The third kappa shape index (κ3) is 15.1. The first-order valence-corrected chi connectivity index (χ1v) is 18.4. The van der Waals surface area contributed by atoms with E-state index in [0.717, 1.165) is 11.1 Å². The number of nitrogens with one attached hydrogen (secondary N) is 2. The number of unbranched alkanes of at least 4 members (excludes halogenated alkanes) is 1. The zero-order valence-corrected chi connectivity index (χ0v) is 32.6. The second-order valence-electron chi connectivity index (χ2n) is 15.2. The second kappa shape index (κ2) is 20.4. The van der Waals surface area contributed by atoms with Gasteiger partial charge in [0.1, 0.15) is 42.5 Å². The summed E-state index contributed by atoms with van der Waals surface area (Å²) in [7, 11) is 1.42. The molecular weight excluding hydrogens is 696 g/mol. The van der Waals surface area contributed by atoms with E-state index in [0.29, 0.717) is 25.7 Å². The van der Waals surface area contributed by atoms with Gasteiger partial charge in [0.15, 0.2) is 0 Å². The van der Waals surface area contributed by atoms with Crippen molar-refractivity contribution in [1.82, 2.24) is 20.4 Å². The predicted molar refractivity (Wildman–Crippen MR) is 200 cm³/mol. The van der Waals surface area contributed by atoms with Gasteiger partial charge in [-0.1, -0.05) is 60.7 Å². The van der Waals surface area contributed by atoms with E-state index in [1.54, 1.807) is 65.8 Å². The molecule has 1 fully saturated rings. The standard InChI is InChI=1S/C40H56N4O10/c1-39(2,3)53-36(48)32-22-16-24-44(32)35(47)31(21-14-15-23-41-37(49)52-27-29-19-12-9-13-20-29)43(7)34(46)30(42-38(50)54-40(4,5)6)25-33(45)51-26-28-17-10-8-11-18-28/h8-13,17-20,30-32H,14-16,21-27H2,1-7H3,(H,41,49)(H,42,50)/t30-,31-,32-/m0/s1. The summed E-state index contributed by atoms with van der Waals surface area (Å²) < 4.78 is 21.7. The number of alkyl carbamates (subject to hydrolysis) is 2. The number of likely N-dealkylation sites (N-methyl/N-ethyl adjacent to an activating group) is 1. The predicted octanol–water partition coefficient (Wildman–Crippen LogP) is 5.27. The molecule has 1 heterocycles. The van der Waals surface area contributed by atoms with Crippen LogP contribution in [0.3, 0.4) is 0 Å². The number of amides is 4. The van der Waals surface area contributed by atoms with Crippen LogP contribution in [0.4, 0.5) is 9.59 Å². The Kier molecular flexibility index (Phi) is 16.3. The molecule has 296 valence electrons. The van der Waals surface area contributed by atoms with Crippen LogP contribution in [0.2, 0.25) is 0 Å². The number of rotatable bonds is 16. The van der Waals surface area contributed by atoms with Crippen molar-refractivity contribution >= 4 is 35.9 Å². The average molecular weight is 753 g/mol. The molecule has 1 aliphatic heterocycles. The zero-order chi connectivity index (χ0) is 39.9. The van der Waals surface area contributed by atoms with E-state index < -0.39 is 71.7 Å². The minimum Gasteiger partial charge on any atom is -0.461 e. The molecule has 0 spiro atoms. The molecule has 0 radical (unpaired) electrons. The lowest BCUT2D eigenvalue weighted by molar-refractivity contribution is -0.164. The fourth-order valence-corrected chi connectivity index (χ4v) is 5.76. The summed E-state index contributed by atoms with van der Waals surface area (Å²) in [5, 5.41) is 5.20. The van der Waals surface area contributed by atoms with Gasteiger partial charge >= 0.3 is 24.1 Å². The summed E-state index contributed by atoms with van der Waals surface area (Å²) in [6, 6.07) is 14.9. The SMILES string of the molecule is CN(C(=O)[C@H](CC(=O)OCc1ccccc1)NC(=O)OC(C)(C)C)[C@@H](CCCCNC(=O)OCc1ccccc1)C(=O)N1CCC[C@H]1C(=O)OC(C)(C)C. The molecule has 4 amide bonds. The van der Waals surface area contributed by atoms with Gasteiger partial charge in [0.05, 0.1) is 6.42 Å². The lowest BCUT2D eigenvalue weighted by atomic mass is 10.0. The maximum Gasteiger partial charge on any atom is 0.408 e. The number of carbonyl (C=O) groups excluding carboxylic acids is 6. The zero-order valence-electron chi connectivity index (χ0n) is 32.6. The van der Waals surface area contributed by atoms with Crippen molar-refractivity contribution in [1.29, 1.82) is 0 Å². The fraction of sp³-hybridized carbons (Fsp3) is 0.550. The second-order valence-corrected chi connectivity index (χ2v) is 15.2. The van der Waals surface area contributed by atoms with Gasteiger partial charge in [0, 0.05) is 20.1 Å². The Morgan fingerprint density at radius 3 is 1.94 bits per heavy atom. The van der Waals surface area contributed by atoms with Gasteiger partial charge in [-0.25, -0.2) is 14.4 Å². The van der Waals surface area contributed by atoms with E-state index in [2.05, 4.69) is 10.6 Å². The molecule has 0 saturated carbocycles. The topological polar surface area (TPSA) is 170 Å². The molecule has 2 aromatic rings. The van der Waals surface area contributed by atoms with Crippen molar-refractivity contribution in [3.63, 3.8) is 0 Å². The quantitative estimate of drug-likeness (QED) is 0.131. The third-order valence-corrected chi connectivity index (χ3v) is 8.30. The smallest absolute Gasteiger partial charge is 0.408 e. The highest BCUT2D eigenvalue weighted by Crippen LogP contribution is 2.25. The number of ether oxygens (including phenoxy) is 4. The Balaban J connectivity index is 1.77. The van der Waals surface area contributed by atoms with E-state index in [1.807, 2.05) is 36.4 Å². The summed E-state index contributed by atoms with van der Waals surface area (Å²) >= 11 is 0. The molecular formula is C40H56N4O10. The highest BCUT2D eigenvalue weighted by Gasteiger charge is 2.42. The van der Waals surface area contributed by atoms with Crippen LogP contribution in [0.25, 0.3) is 0 Å². The first-order valence-electron chi connectivity index (χ1n) is 18.4. The van der Waals surface area contributed by atoms with Crippen LogP contribution in [0.5, 0.6) is 0 Å². The molecule has 0 aliphatic carbocycles. The number of carbonyl (C=O) groups is 6. The largest absolute Gasteiger partial charge is 0.461 e. The van der Waals surface area contributed by atoms with Crippen LogP contribution in [0, 0.1) is 0 Å². The van der Waals surface area contributed by atoms with Crippen LogP contribution in [0.1, 0.15) is 91.2 Å². The number of hydrogen-bond donors (Lipinski definition) is 2. The first-order chi connectivity index (χ1) is 25.4. The van der Waals surface area contributed by atoms with E-state index >= 15 is 0 Å². The lowest BCUT2D eigenvalue weighted by Crippen LogP contribution is -2.57. The van der Waals surface area contributed by atoms with Gasteiger partial charge in [-0.05, 0) is 84.8 Å². The van der Waals surface area contributed by atoms with Crippen LogP contribution >= 0.6 is 0 Å². The Morgan fingerprint density at radius 1 is 0.796 bits per heavy atom. The normalized spacial score (nSPS) is 15.3. The summed E-state index contributed by atoms with van der Waals surface area (Å²) in [4.78, 5) is 82.5. The summed E-state index contributed by atoms with van der Waals surface area (Å²) in [5.74, 6) is -2.49. The van der Waals surface area contributed by atoms with Crippen molar-refractivity contribution in [2.45, 2.75) is 123 Å². The van der Waals surface area contributed by atoms with Crippen molar-refractivity contribution in [2.24, 2.45) is 0 Å². The van der Waals surface area contributed by atoms with Crippen molar-refractivity contribution in [3.05, 3.63) is 71.8 Å². The Morgan fingerprint density at radius 2 is 1.37 bits per heavy atom. The maximum atomic E-state index is 14.3. The van der Waals surface area contributed by atoms with E-state index in [1.165, 1.54) is 16.8 Å². The Labute approximate surface area is 318 Å². The van der Waals surface area contributed by atoms with Crippen LogP contribution in [0.15, 0.2) is 60.7 Å². The Hall–Kier alpha value is -5.14. The molecule has 3 atom stereocenters. The molecule has 2 aromatic carbocycles. The van der Waals surface area contributed by atoms with Crippen LogP contribution < -0.4 is 10.6 Å². The molecule has 54 heavy (non-hydrogen) atoms. The number of hydrogen-bond acceptors (Lipinski definition) is 10. The maximum absolute atomic E-state index is 14.3. The molecule has 1 aliphatic rings. The van der Waals surface area contributed by atoms with Gasteiger partial charge in [0.25, 0.3) is 0 Å². The highest BCUT2D eigenvalue weighted by molar-refractivity contribution is 5.94. The fourth-order valence-electron chi connectivity index (χ4n) is 5.76.